The van der Waals surface area contributed by atoms with E-state index >= 15 is 0 Å². The minimum atomic E-state index is -0.796. The largest absolute Gasteiger partial charge is 0.462 e. The summed E-state index contributed by atoms with van der Waals surface area (Å²) >= 11 is 0. The molecule has 0 radical (unpaired) electrons. The molecule has 0 aromatic carbocycles. The first-order valence-corrected chi connectivity index (χ1v) is 27.1. The predicted molar refractivity (Wildman–Crippen MR) is 279 cm³/mol. The SMILES string of the molecule is CC/C=C\C/C=C\C/C=C\C/C=C\C/C=C\CCCCCC(=O)OCC(COC(=O)CCCCCCCCCCCCCC)OC(=O)CCCCCCC/C=C\C/C=C\CCCCCC. The number of carbonyl (C=O) groups excluding carboxylic acids is 3. The molecular formula is C59H100O6. The van der Waals surface area contributed by atoms with Gasteiger partial charge in [-0.2, -0.15) is 0 Å². The normalized spacial score (nSPS) is 12.7. The van der Waals surface area contributed by atoms with Gasteiger partial charge in [-0.05, 0) is 96.3 Å². The van der Waals surface area contributed by atoms with Gasteiger partial charge in [-0.1, -0.05) is 221 Å². The van der Waals surface area contributed by atoms with Crippen LogP contribution in [0.25, 0.3) is 0 Å². The number of hydrogen-bond donors (Lipinski definition) is 0. The zero-order valence-corrected chi connectivity index (χ0v) is 42.5. The maximum atomic E-state index is 12.8. The molecule has 1 atom stereocenters. The minimum absolute atomic E-state index is 0.0916. The molecule has 0 N–H and O–H groups in total. The molecule has 65 heavy (non-hydrogen) atoms. The highest BCUT2D eigenvalue weighted by molar-refractivity contribution is 5.71. The topological polar surface area (TPSA) is 78.9 Å². The molecule has 0 aliphatic carbocycles. The molecule has 6 heteroatoms. The first-order valence-electron chi connectivity index (χ1n) is 27.1. The molecule has 0 aliphatic rings. The Balaban J connectivity index is 4.46. The first kappa shape index (κ1) is 61.6. The van der Waals surface area contributed by atoms with Gasteiger partial charge in [0.2, 0.25) is 0 Å². The second kappa shape index (κ2) is 53.2. The number of esters is 3. The lowest BCUT2D eigenvalue weighted by molar-refractivity contribution is -0.167. The van der Waals surface area contributed by atoms with Gasteiger partial charge in [0, 0.05) is 19.3 Å². The fraction of sp³-hybridized carbons (Fsp3) is 0.712. The lowest BCUT2D eigenvalue weighted by Crippen LogP contribution is -2.30. The van der Waals surface area contributed by atoms with Crippen LogP contribution in [0.3, 0.4) is 0 Å². The van der Waals surface area contributed by atoms with Crippen LogP contribution in [0.1, 0.15) is 252 Å². The van der Waals surface area contributed by atoms with Crippen molar-refractivity contribution in [3.8, 4) is 0 Å². The van der Waals surface area contributed by atoms with Crippen molar-refractivity contribution in [3.05, 3.63) is 85.1 Å². The second-order valence-electron chi connectivity index (χ2n) is 17.8. The van der Waals surface area contributed by atoms with E-state index in [0.29, 0.717) is 19.3 Å². The summed E-state index contributed by atoms with van der Waals surface area (Å²) in [5, 5.41) is 0. The van der Waals surface area contributed by atoms with Crippen molar-refractivity contribution in [2.45, 2.75) is 258 Å². The summed E-state index contributed by atoms with van der Waals surface area (Å²) in [5.74, 6) is -0.937. The number of ether oxygens (including phenoxy) is 3. The van der Waals surface area contributed by atoms with E-state index in [2.05, 4.69) is 106 Å². The Bertz CT molecular complexity index is 1270. The fourth-order valence-corrected chi connectivity index (χ4v) is 7.32. The number of carbonyl (C=O) groups is 3. The summed E-state index contributed by atoms with van der Waals surface area (Å²) < 4.78 is 16.8. The van der Waals surface area contributed by atoms with Gasteiger partial charge in [-0.15, -0.1) is 0 Å². The van der Waals surface area contributed by atoms with Crippen LogP contribution in [0, 0.1) is 0 Å². The van der Waals surface area contributed by atoms with E-state index < -0.39 is 6.10 Å². The highest BCUT2D eigenvalue weighted by Gasteiger charge is 2.19. The van der Waals surface area contributed by atoms with E-state index in [1.807, 2.05) is 0 Å². The maximum Gasteiger partial charge on any atom is 0.306 e. The van der Waals surface area contributed by atoms with Crippen molar-refractivity contribution < 1.29 is 28.6 Å². The highest BCUT2D eigenvalue weighted by atomic mass is 16.6. The van der Waals surface area contributed by atoms with Crippen LogP contribution in [0.5, 0.6) is 0 Å². The van der Waals surface area contributed by atoms with Gasteiger partial charge in [0.05, 0.1) is 0 Å². The molecule has 372 valence electrons. The van der Waals surface area contributed by atoms with Crippen molar-refractivity contribution >= 4 is 17.9 Å². The van der Waals surface area contributed by atoms with Crippen molar-refractivity contribution in [1.82, 2.24) is 0 Å². The zero-order chi connectivity index (χ0) is 47.2. The second-order valence-corrected chi connectivity index (χ2v) is 17.8. The zero-order valence-electron chi connectivity index (χ0n) is 42.5. The Labute approximate surface area is 401 Å². The van der Waals surface area contributed by atoms with Crippen LogP contribution in [0.2, 0.25) is 0 Å². The maximum absolute atomic E-state index is 12.8. The average Bonchev–Trinajstić information content (AvgIpc) is 3.30. The summed E-state index contributed by atoms with van der Waals surface area (Å²) in [7, 11) is 0. The van der Waals surface area contributed by atoms with E-state index in [9.17, 15) is 14.4 Å². The number of unbranched alkanes of at least 4 members (excludes halogenated alkanes) is 23. The standard InChI is InChI=1S/C59H100O6/c1-4-7-10-13-16-19-22-25-27-29-30-31-33-34-37-40-43-46-49-52-58(61)64-55-56(54-63-57(60)51-48-45-42-39-36-24-21-18-15-12-9-6-3)65-59(62)53-50-47-44-41-38-35-32-28-26-23-20-17-14-11-8-5-2/h7,10,16,19-20,23,25,27-28,30-32,34,37,56H,4-6,8-9,11-15,17-18,21-22,24,26,29,33,35-36,38-55H2,1-3H3/b10-7-,19-16-,23-20-,27-25-,31-30-,32-28-,37-34-. The number of hydrogen-bond acceptors (Lipinski definition) is 6. The minimum Gasteiger partial charge on any atom is -0.462 e. The molecule has 0 fully saturated rings. The lowest BCUT2D eigenvalue weighted by atomic mass is 10.0. The molecule has 0 aromatic heterocycles. The molecule has 0 bridgehead atoms. The van der Waals surface area contributed by atoms with E-state index in [1.54, 1.807) is 0 Å². The number of allylic oxidation sites excluding steroid dienone is 14. The summed E-state index contributed by atoms with van der Waals surface area (Å²) in [5.41, 5.74) is 0. The molecule has 0 heterocycles. The summed E-state index contributed by atoms with van der Waals surface area (Å²) in [6.45, 7) is 6.47. The Hall–Kier alpha value is -3.41. The van der Waals surface area contributed by atoms with E-state index in [0.717, 1.165) is 122 Å². The first-order chi connectivity index (χ1) is 32.0. The van der Waals surface area contributed by atoms with Crippen LogP contribution in [-0.4, -0.2) is 37.2 Å². The predicted octanol–water partition coefficient (Wildman–Crippen LogP) is 18.0. The highest BCUT2D eigenvalue weighted by Crippen LogP contribution is 2.14. The molecule has 1 unspecified atom stereocenters. The third-order valence-corrected chi connectivity index (χ3v) is 11.4. The molecule has 0 rings (SSSR count). The Morgan fingerprint density at radius 1 is 0.323 bits per heavy atom. The van der Waals surface area contributed by atoms with Crippen LogP contribution < -0.4 is 0 Å². The Kier molecular flexibility index (Phi) is 50.4. The Morgan fingerprint density at radius 2 is 0.600 bits per heavy atom. The van der Waals surface area contributed by atoms with E-state index in [1.165, 1.54) is 89.9 Å². The van der Waals surface area contributed by atoms with Gasteiger partial charge >= 0.3 is 17.9 Å². The molecule has 0 amide bonds. The fourth-order valence-electron chi connectivity index (χ4n) is 7.32. The van der Waals surface area contributed by atoms with Crippen molar-refractivity contribution in [3.63, 3.8) is 0 Å². The molecule has 0 spiro atoms. The summed E-state index contributed by atoms with van der Waals surface area (Å²) in [6, 6.07) is 0. The third-order valence-electron chi connectivity index (χ3n) is 11.4. The van der Waals surface area contributed by atoms with E-state index in [4.69, 9.17) is 14.2 Å². The summed E-state index contributed by atoms with van der Waals surface area (Å²) in [6.07, 6.45) is 68.5. The quantitative estimate of drug-likeness (QED) is 0.0262. The van der Waals surface area contributed by atoms with Crippen LogP contribution >= 0.6 is 0 Å². The molecule has 0 saturated carbocycles. The number of rotatable bonds is 48. The van der Waals surface area contributed by atoms with Gasteiger partial charge in [-0.25, -0.2) is 0 Å². The molecule has 0 aliphatic heterocycles. The Morgan fingerprint density at radius 3 is 0.969 bits per heavy atom. The van der Waals surface area contributed by atoms with Gasteiger partial charge in [0.15, 0.2) is 6.10 Å². The monoisotopic (exact) mass is 905 g/mol. The van der Waals surface area contributed by atoms with Gasteiger partial charge in [0.1, 0.15) is 13.2 Å². The molecular weight excluding hydrogens is 805 g/mol. The van der Waals surface area contributed by atoms with Crippen LogP contribution in [0.4, 0.5) is 0 Å². The van der Waals surface area contributed by atoms with E-state index in [-0.39, 0.29) is 31.1 Å². The van der Waals surface area contributed by atoms with Gasteiger partial charge in [-0.3, -0.25) is 14.4 Å². The smallest absolute Gasteiger partial charge is 0.306 e. The van der Waals surface area contributed by atoms with Crippen molar-refractivity contribution in [2.24, 2.45) is 0 Å². The molecule has 0 saturated heterocycles. The van der Waals surface area contributed by atoms with Gasteiger partial charge < -0.3 is 14.2 Å². The van der Waals surface area contributed by atoms with Gasteiger partial charge in [0.25, 0.3) is 0 Å². The molecule has 0 aromatic rings. The average molecular weight is 905 g/mol. The lowest BCUT2D eigenvalue weighted by Gasteiger charge is -2.18. The van der Waals surface area contributed by atoms with Crippen LogP contribution in [-0.2, 0) is 28.6 Å². The molecule has 6 nitrogen and oxygen atoms in total. The van der Waals surface area contributed by atoms with Crippen LogP contribution in [0.15, 0.2) is 85.1 Å². The van der Waals surface area contributed by atoms with Crippen molar-refractivity contribution in [1.29, 1.82) is 0 Å². The third kappa shape index (κ3) is 51.4. The van der Waals surface area contributed by atoms with Crippen molar-refractivity contribution in [2.75, 3.05) is 13.2 Å². The summed E-state index contributed by atoms with van der Waals surface area (Å²) in [4.78, 5) is 38.0.